The van der Waals surface area contributed by atoms with Gasteiger partial charge in [0, 0.05) is 5.56 Å². The lowest BCUT2D eigenvalue weighted by Gasteiger charge is -2.16. The van der Waals surface area contributed by atoms with Gasteiger partial charge in [0.25, 0.3) is 0 Å². The molecule has 118 valence electrons. The minimum atomic E-state index is -0.897. The maximum absolute atomic E-state index is 14.2. The van der Waals surface area contributed by atoms with Crippen molar-refractivity contribution >= 4 is 0 Å². The Morgan fingerprint density at radius 2 is 1.95 bits per heavy atom. The molecule has 2 nitrogen and oxygen atoms in total. The van der Waals surface area contributed by atoms with E-state index in [4.69, 9.17) is 9.47 Å². The predicted octanol–water partition coefficient (Wildman–Crippen LogP) is 5.16. The van der Waals surface area contributed by atoms with Gasteiger partial charge in [-0.3, -0.25) is 0 Å². The Balaban J connectivity index is 2.06. The molecule has 2 atom stereocenters. The summed E-state index contributed by atoms with van der Waals surface area (Å²) < 4.78 is 39.3. The summed E-state index contributed by atoms with van der Waals surface area (Å²) in [6, 6.07) is 3.11. The Labute approximate surface area is 125 Å². The molecule has 1 fully saturated rings. The van der Waals surface area contributed by atoms with Crippen LogP contribution in [-0.4, -0.2) is 12.7 Å². The van der Waals surface area contributed by atoms with Crippen LogP contribution >= 0.6 is 0 Å². The van der Waals surface area contributed by atoms with Crippen molar-refractivity contribution in [3.05, 3.63) is 29.3 Å². The van der Waals surface area contributed by atoms with Crippen LogP contribution in [-0.2, 0) is 4.74 Å². The number of ether oxygens (including phenoxy) is 2. The summed E-state index contributed by atoms with van der Waals surface area (Å²) in [4.78, 5) is 0. The van der Waals surface area contributed by atoms with Crippen LogP contribution in [0.2, 0.25) is 0 Å². The van der Waals surface area contributed by atoms with Gasteiger partial charge >= 0.3 is 0 Å². The summed E-state index contributed by atoms with van der Waals surface area (Å²) in [5.74, 6) is -1.73. The van der Waals surface area contributed by atoms with Crippen LogP contribution in [0, 0.1) is 11.6 Å². The zero-order valence-electron chi connectivity index (χ0n) is 12.8. The second kappa shape index (κ2) is 7.74. The fourth-order valence-electron chi connectivity index (χ4n) is 2.70. The van der Waals surface area contributed by atoms with Gasteiger partial charge in [0.05, 0.1) is 18.8 Å². The van der Waals surface area contributed by atoms with E-state index in [-0.39, 0.29) is 18.0 Å². The maximum atomic E-state index is 14.2. The number of rotatable bonds is 7. The molecule has 0 bridgehead atoms. The lowest BCUT2D eigenvalue weighted by molar-refractivity contribution is 0.0373. The van der Waals surface area contributed by atoms with Gasteiger partial charge in [0.1, 0.15) is 0 Å². The van der Waals surface area contributed by atoms with Gasteiger partial charge in [-0.2, -0.15) is 4.39 Å². The monoisotopic (exact) mass is 298 g/mol. The SMILES string of the molecule is CCCCOc1ccc(C2CCC(CCC)O2)c(F)c1F. The number of unbranched alkanes of at least 4 members (excludes halogenated alkanes) is 1. The number of hydrogen-bond acceptors (Lipinski definition) is 2. The normalized spacial score (nSPS) is 21.7. The predicted molar refractivity (Wildman–Crippen MR) is 78.5 cm³/mol. The molecule has 1 aliphatic heterocycles. The molecule has 21 heavy (non-hydrogen) atoms. The lowest BCUT2D eigenvalue weighted by Crippen LogP contribution is -2.08. The third-order valence-electron chi connectivity index (χ3n) is 3.90. The molecule has 0 radical (unpaired) electrons. The Hall–Kier alpha value is -1.16. The van der Waals surface area contributed by atoms with Crippen molar-refractivity contribution in [1.29, 1.82) is 0 Å². The van der Waals surface area contributed by atoms with E-state index >= 15 is 0 Å². The van der Waals surface area contributed by atoms with Gasteiger partial charge in [-0.15, -0.1) is 0 Å². The molecule has 1 aromatic carbocycles. The van der Waals surface area contributed by atoms with E-state index in [2.05, 4.69) is 6.92 Å². The van der Waals surface area contributed by atoms with Gasteiger partial charge in [0.15, 0.2) is 11.6 Å². The lowest BCUT2D eigenvalue weighted by atomic mass is 10.0. The first-order chi connectivity index (χ1) is 10.2. The standard InChI is InChI=1S/C17H24F2O2/c1-3-5-11-20-15-10-8-13(16(18)17(15)19)14-9-7-12(21-14)6-4-2/h8,10,12,14H,3-7,9,11H2,1-2H3. The first kappa shape index (κ1) is 16.2. The summed E-state index contributed by atoms with van der Waals surface area (Å²) in [6.07, 6.45) is 5.29. The molecular weight excluding hydrogens is 274 g/mol. The zero-order valence-corrected chi connectivity index (χ0v) is 12.8. The minimum Gasteiger partial charge on any atom is -0.490 e. The van der Waals surface area contributed by atoms with Crippen molar-refractivity contribution in [2.24, 2.45) is 0 Å². The van der Waals surface area contributed by atoms with Crippen molar-refractivity contribution in [1.82, 2.24) is 0 Å². The average molecular weight is 298 g/mol. The van der Waals surface area contributed by atoms with E-state index < -0.39 is 11.6 Å². The summed E-state index contributed by atoms with van der Waals surface area (Å²) >= 11 is 0. The van der Waals surface area contributed by atoms with Gasteiger partial charge in [-0.05, 0) is 37.8 Å². The van der Waals surface area contributed by atoms with Gasteiger partial charge in [0.2, 0.25) is 5.82 Å². The Morgan fingerprint density at radius 1 is 1.14 bits per heavy atom. The summed E-state index contributed by atoms with van der Waals surface area (Å²) in [5, 5.41) is 0. The molecule has 0 spiro atoms. The first-order valence-electron chi connectivity index (χ1n) is 7.93. The van der Waals surface area contributed by atoms with Crippen molar-refractivity contribution in [3.63, 3.8) is 0 Å². The van der Waals surface area contributed by atoms with Crippen LogP contribution in [0.4, 0.5) is 8.78 Å². The molecule has 1 heterocycles. The van der Waals surface area contributed by atoms with E-state index in [1.54, 1.807) is 6.07 Å². The third kappa shape index (κ3) is 3.94. The number of halogens is 2. The maximum Gasteiger partial charge on any atom is 0.200 e. The quantitative estimate of drug-likeness (QED) is 0.647. The fraction of sp³-hybridized carbons (Fsp3) is 0.647. The smallest absolute Gasteiger partial charge is 0.200 e. The van der Waals surface area contributed by atoms with Crippen LogP contribution in [0.3, 0.4) is 0 Å². The van der Waals surface area contributed by atoms with Crippen LogP contribution in [0.25, 0.3) is 0 Å². The molecule has 4 heteroatoms. The first-order valence-corrected chi connectivity index (χ1v) is 7.93. The highest BCUT2D eigenvalue weighted by Gasteiger charge is 2.29. The Morgan fingerprint density at radius 3 is 2.67 bits per heavy atom. The second-order valence-electron chi connectivity index (χ2n) is 5.60. The van der Waals surface area contributed by atoms with Crippen molar-refractivity contribution < 1.29 is 18.3 Å². The molecular formula is C17H24F2O2. The van der Waals surface area contributed by atoms with Crippen LogP contribution in [0.5, 0.6) is 5.75 Å². The molecule has 2 unspecified atom stereocenters. The number of hydrogen-bond donors (Lipinski definition) is 0. The summed E-state index contributed by atoms with van der Waals surface area (Å²) in [6.45, 7) is 4.53. The number of benzene rings is 1. The topological polar surface area (TPSA) is 18.5 Å². The van der Waals surface area contributed by atoms with Gasteiger partial charge < -0.3 is 9.47 Å². The zero-order chi connectivity index (χ0) is 15.2. The third-order valence-corrected chi connectivity index (χ3v) is 3.90. The van der Waals surface area contributed by atoms with E-state index in [1.165, 1.54) is 6.07 Å². The summed E-state index contributed by atoms with van der Waals surface area (Å²) in [7, 11) is 0. The van der Waals surface area contributed by atoms with Crippen LogP contribution < -0.4 is 4.74 Å². The highest BCUT2D eigenvalue weighted by atomic mass is 19.2. The molecule has 0 aliphatic carbocycles. The summed E-state index contributed by atoms with van der Waals surface area (Å²) in [5.41, 5.74) is 0.314. The molecule has 0 amide bonds. The molecule has 0 saturated carbocycles. The molecule has 0 aromatic heterocycles. The average Bonchev–Trinajstić information content (AvgIpc) is 2.93. The largest absolute Gasteiger partial charge is 0.490 e. The van der Waals surface area contributed by atoms with E-state index in [1.807, 2.05) is 6.92 Å². The Kier molecular flexibility index (Phi) is 5.97. The molecule has 0 N–H and O–H groups in total. The van der Waals surface area contributed by atoms with E-state index in [0.29, 0.717) is 12.2 Å². The second-order valence-corrected chi connectivity index (χ2v) is 5.60. The fourth-order valence-corrected chi connectivity index (χ4v) is 2.70. The van der Waals surface area contributed by atoms with Crippen LogP contribution in [0.15, 0.2) is 12.1 Å². The van der Waals surface area contributed by atoms with E-state index in [0.717, 1.165) is 38.5 Å². The molecule has 2 rings (SSSR count). The van der Waals surface area contributed by atoms with E-state index in [9.17, 15) is 8.78 Å². The minimum absolute atomic E-state index is 0.00666. The van der Waals surface area contributed by atoms with Crippen molar-refractivity contribution in [2.45, 2.75) is 64.6 Å². The van der Waals surface area contributed by atoms with Gasteiger partial charge in [-0.1, -0.05) is 26.7 Å². The highest BCUT2D eigenvalue weighted by molar-refractivity contribution is 5.32. The van der Waals surface area contributed by atoms with Crippen molar-refractivity contribution in [3.8, 4) is 5.75 Å². The molecule has 1 aromatic rings. The highest BCUT2D eigenvalue weighted by Crippen LogP contribution is 2.37. The van der Waals surface area contributed by atoms with Gasteiger partial charge in [-0.25, -0.2) is 4.39 Å². The molecule has 1 saturated heterocycles. The van der Waals surface area contributed by atoms with Crippen molar-refractivity contribution in [2.75, 3.05) is 6.61 Å². The Bertz CT molecular complexity index is 462. The molecule has 1 aliphatic rings. The van der Waals surface area contributed by atoms with Crippen LogP contribution in [0.1, 0.15) is 64.0 Å².